The van der Waals surface area contributed by atoms with E-state index in [9.17, 15) is 4.79 Å². The van der Waals surface area contributed by atoms with E-state index in [0.717, 1.165) is 17.1 Å². The lowest BCUT2D eigenvalue weighted by Crippen LogP contribution is -2.46. The molecule has 0 radical (unpaired) electrons. The Morgan fingerprint density at radius 3 is 2.39 bits per heavy atom. The molecule has 1 heterocycles. The van der Waals surface area contributed by atoms with Gasteiger partial charge in [0, 0.05) is 10.9 Å². The van der Waals surface area contributed by atoms with Crippen molar-refractivity contribution in [3.8, 4) is 0 Å². The summed E-state index contributed by atoms with van der Waals surface area (Å²) in [6.07, 6.45) is 1.32. The lowest BCUT2D eigenvalue weighted by atomic mass is 9.82. The lowest BCUT2D eigenvalue weighted by Gasteiger charge is -2.33. The summed E-state index contributed by atoms with van der Waals surface area (Å²) in [7, 11) is 0. The van der Waals surface area contributed by atoms with Crippen LogP contribution >= 0.6 is 11.3 Å². The standard InChI is InChI=1S/C14H24N2OS/c1-10-15-11(8-18-10)7-12(17)16-14(5,6)9-13(2,3)4/h8H,7,9H2,1-6H3,(H,16,17). The smallest absolute Gasteiger partial charge is 0.226 e. The first kappa shape index (κ1) is 15.2. The Bertz CT molecular complexity index is 416. The van der Waals surface area contributed by atoms with Crippen molar-refractivity contribution in [2.45, 2.75) is 59.9 Å². The van der Waals surface area contributed by atoms with Gasteiger partial charge < -0.3 is 5.32 Å². The maximum Gasteiger partial charge on any atom is 0.226 e. The highest BCUT2D eigenvalue weighted by molar-refractivity contribution is 7.09. The minimum Gasteiger partial charge on any atom is -0.351 e. The van der Waals surface area contributed by atoms with Crippen LogP contribution in [0.1, 0.15) is 51.7 Å². The molecule has 0 bridgehead atoms. The van der Waals surface area contributed by atoms with Gasteiger partial charge in [-0.2, -0.15) is 0 Å². The number of carbonyl (C=O) groups excluding carboxylic acids is 1. The molecule has 18 heavy (non-hydrogen) atoms. The number of aryl methyl sites for hydroxylation is 1. The minimum atomic E-state index is -0.180. The van der Waals surface area contributed by atoms with Gasteiger partial charge in [-0.25, -0.2) is 4.98 Å². The zero-order valence-electron chi connectivity index (χ0n) is 12.3. The number of thiazole rings is 1. The second-order valence-electron chi connectivity index (χ2n) is 6.70. The summed E-state index contributed by atoms with van der Waals surface area (Å²) in [6.45, 7) is 12.7. The molecule has 0 aromatic carbocycles. The van der Waals surface area contributed by atoms with Gasteiger partial charge in [-0.05, 0) is 32.6 Å². The third-order valence-electron chi connectivity index (χ3n) is 2.46. The van der Waals surface area contributed by atoms with Crippen LogP contribution in [-0.4, -0.2) is 16.4 Å². The molecule has 3 nitrogen and oxygen atoms in total. The van der Waals surface area contributed by atoms with Gasteiger partial charge in [0.1, 0.15) is 0 Å². The van der Waals surface area contributed by atoms with Crippen LogP contribution < -0.4 is 5.32 Å². The SMILES string of the molecule is Cc1nc(CC(=O)NC(C)(C)CC(C)(C)C)cs1. The molecule has 1 aromatic rings. The Balaban J connectivity index is 2.54. The average Bonchev–Trinajstić information content (AvgIpc) is 2.44. The van der Waals surface area contributed by atoms with Gasteiger partial charge >= 0.3 is 0 Å². The Hall–Kier alpha value is -0.900. The molecule has 0 aliphatic heterocycles. The molecule has 0 spiro atoms. The van der Waals surface area contributed by atoms with Crippen molar-refractivity contribution >= 4 is 17.2 Å². The van der Waals surface area contributed by atoms with E-state index >= 15 is 0 Å². The molecule has 1 rings (SSSR count). The summed E-state index contributed by atoms with van der Waals surface area (Å²) in [5.41, 5.74) is 0.885. The quantitative estimate of drug-likeness (QED) is 0.910. The molecule has 0 atom stereocenters. The van der Waals surface area contributed by atoms with Crippen molar-refractivity contribution in [3.63, 3.8) is 0 Å². The molecule has 0 fully saturated rings. The molecule has 0 aliphatic rings. The second-order valence-corrected chi connectivity index (χ2v) is 7.77. The first-order chi connectivity index (χ1) is 8.07. The van der Waals surface area contributed by atoms with Crippen molar-refractivity contribution in [3.05, 3.63) is 16.1 Å². The van der Waals surface area contributed by atoms with Crippen molar-refractivity contribution in [1.82, 2.24) is 10.3 Å². The molecule has 4 heteroatoms. The summed E-state index contributed by atoms with van der Waals surface area (Å²) >= 11 is 1.58. The van der Waals surface area contributed by atoms with Crippen molar-refractivity contribution in [2.75, 3.05) is 0 Å². The molecule has 1 N–H and O–H groups in total. The highest BCUT2D eigenvalue weighted by Gasteiger charge is 2.27. The normalized spacial score (nSPS) is 12.6. The van der Waals surface area contributed by atoms with E-state index in [0.29, 0.717) is 6.42 Å². The van der Waals surface area contributed by atoms with Crippen LogP contribution in [0.25, 0.3) is 0 Å². The highest BCUT2D eigenvalue weighted by Crippen LogP contribution is 2.26. The monoisotopic (exact) mass is 268 g/mol. The summed E-state index contributed by atoms with van der Waals surface area (Å²) in [5.74, 6) is 0.0505. The van der Waals surface area contributed by atoms with E-state index in [4.69, 9.17) is 0 Å². The average molecular weight is 268 g/mol. The fraction of sp³-hybridized carbons (Fsp3) is 0.714. The third kappa shape index (κ3) is 5.63. The topological polar surface area (TPSA) is 42.0 Å². The van der Waals surface area contributed by atoms with Gasteiger partial charge in [-0.15, -0.1) is 11.3 Å². The molecule has 1 amide bonds. The van der Waals surface area contributed by atoms with Crippen LogP contribution in [0.3, 0.4) is 0 Å². The number of aromatic nitrogens is 1. The molecular formula is C14H24N2OS. The first-order valence-electron chi connectivity index (χ1n) is 6.29. The van der Waals surface area contributed by atoms with Gasteiger partial charge in [0.2, 0.25) is 5.91 Å². The van der Waals surface area contributed by atoms with Gasteiger partial charge in [0.25, 0.3) is 0 Å². The van der Waals surface area contributed by atoms with E-state index in [2.05, 4.69) is 44.9 Å². The van der Waals surface area contributed by atoms with E-state index in [1.807, 2.05) is 12.3 Å². The number of hydrogen-bond acceptors (Lipinski definition) is 3. The number of rotatable bonds is 4. The minimum absolute atomic E-state index is 0.0505. The number of nitrogens with one attached hydrogen (secondary N) is 1. The zero-order chi connectivity index (χ0) is 14.0. The van der Waals surface area contributed by atoms with Gasteiger partial charge in [-0.1, -0.05) is 20.8 Å². The third-order valence-corrected chi connectivity index (χ3v) is 3.28. The predicted octanol–water partition coefficient (Wildman–Crippen LogP) is 3.33. The second kappa shape index (κ2) is 5.39. The van der Waals surface area contributed by atoms with E-state index in [-0.39, 0.29) is 16.9 Å². The van der Waals surface area contributed by atoms with Gasteiger partial charge in [-0.3, -0.25) is 4.79 Å². The maximum atomic E-state index is 12.0. The predicted molar refractivity (Wildman–Crippen MR) is 76.8 cm³/mol. The molecule has 102 valence electrons. The summed E-state index contributed by atoms with van der Waals surface area (Å²) in [4.78, 5) is 16.3. The lowest BCUT2D eigenvalue weighted by molar-refractivity contribution is -0.122. The Morgan fingerprint density at radius 2 is 1.94 bits per heavy atom. The molecule has 0 unspecified atom stereocenters. The van der Waals surface area contributed by atoms with Crippen LogP contribution in [-0.2, 0) is 11.2 Å². The number of carbonyl (C=O) groups is 1. The molecule has 0 saturated heterocycles. The maximum absolute atomic E-state index is 12.0. The number of nitrogens with zero attached hydrogens (tertiary/aromatic N) is 1. The van der Waals surface area contributed by atoms with Gasteiger partial charge in [0.05, 0.1) is 17.1 Å². The van der Waals surface area contributed by atoms with Crippen molar-refractivity contribution < 1.29 is 4.79 Å². The fourth-order valence-electron chi connectivity index (χ4n) is 2.45. The highest BCUT2D eigenvalue weighted by atomic mass is 32.1. The summed E-state index contributed by atoms with van der Waals surface area (Å²) in [6, 6.07) is 0. The van der Waals surface area contributed by atoms with Crippen LogP contribution in [0.15, 0.2) is 5.38 Å². The zero-order valence-corrected chi connectivity index (χ0v) is 13.1. The number of hydrogen-bond donors (Lipinski definition) is 1. The van der Waals surface area contributed by atoms with Crippen molar-refractivity contribution in [2.24, 2.45) is 5.41 Å². The summed E-state index contributed by atoms with van der Waals surface area (Å²) in [5, 5.41) is 6.05. The summed E-state index contributed by atoms with van der Waals surface area (Å²) < 4.78 is 0. The Morgan fingerprint density at radius 1 is 1.33 bits per heavy atom. The van der Waals surface area contributed by atoms with Crippen molar-refractivity contribution in [1.29, 1.82) is 0 Å². The molecule has 0 aliphatic carbocycles. The van der Waals surface area contributed by atoms with Crippen LogP contribution in [0.2, 0.25) is 0 Å². The van der Waals surface area contributed by atoms with Gasteiger partial charge in [0.15, 0.2) is 0 Å². The molecule has 1 aromatic heterocycles. The largest absolute Gasteiger partial charge is 0.351 e. The molecule has 0 saturated carbocycles. The Kier molecular flexibility index (Phi) is 4.54. The van der Waals surface area contributed by atoms with Crippen LogP contribution in [0.4, 0.5) is 0 Å². The first-order valence-corrected chi connectivity index (χ1v) is 7.17. The van der Waals surface area contributed by atoms with E-state index < -0.39 is 0 Å². The van der Waals surface area contributed by atoms with Crippen LogP contribution in [0, 0.1) is 12.3 Å². The van der Waals surface area contributed by atoms with E-state index in [1.165, 1.54) is 0 Å². The fourth-order valence-corrected chi connectivity index (χ4v) is 3.06. The van der Waals surface area contributed by atoms with Crippen LogP contribution in [0.5, 0.6) is 0 Å². The Labute approximate surface area is 114 Å². The number of amides is 1. The van der Waals surface area contributed by atoms with E-state index in [1.54, 1.807) is 11.3 Å². The molecular weight excluding hydrogens is 244 g/mol.